The Bertz CT molecular complexity index is 299. The van der Waals surface area contributed by atoms with Gasteiger partial charge in [0.25, 0.3) is 0 Å². The van der Waals surface area contributed by atoms with Crippen LogP contribution in [0.15, 0.2) is 0 Å². The van der Waals surface area contributed by atoms with E-state index >= 15 is 0 Å². The molecular formula is C15H30N2O. The second-order valence-electron chi connectivity index (χ2n) is 6.72. The second-order valence-corrected chi connectivity index (χ2v) is 6.72. The van der Waals surface area contributed by atoms with Crippen LogP contribution in [0.1, 0.15) is 54.9 Å². The molecule has 2 unspecified atom stereocenters. The molecule has 0 aromatic rings. The molecule has 3 heteroatoms. The standard InChI is InChI=1S/C15H30N2O/c1-10(2)13-8-9-16-14(18)17(12(5)6)15(13,7)11(3)4/h10-13H,8-9H2,1-7H3,(H,16,18). The zero-order valence-electron chi connectivity index (χ0n) is 13.1. The smallest absolute Gasteiger partial charge is 0.318 e. The van der Waals surface area contributed by atoms with Gasteiger partial charge in [0.2, 0.25) is 0 Å². The highest BCUT2D eigenvalue weighted by molar-refractivity contribution is 5.76. The summed E-state index contributed by atoms with van der Waals surface area (Å²) in [6, 6.07) is 0.334. The van der Waals surface area contributed by atoms with Gasteiger partial charge in [-0.05, 0) is 44.9 Å². The average Bonchev–Trinajstić information content (AvgIpc) is 2.35. The fraction of sp³-hybridized carbons (Fsp3) is 0.933. The van der Waals surface area contributed by atoms with Crippen LogP contribution in [0.5, 0.6) is 0 Å². The van der Waals surface area contributed by atoms with Crippen LogP contribution in [0, 0.1) is 17.8 Å². The molecule has 0 bridgehead atoms. The van der Waals surface area contributed by atoms with E-state index in [1.54, 1.807) is 0 Å². The van der Waals surface area contributed by atoms with Crippen molar-refractivity contribution >= 4 is 6.03 Å². The topological polar surface area (TPSA) is 32.3 Å². The zero-order chi connectivity index (χ0) is 14.1. The lowest BCUT2D eigenvalue weighted by atomic mass is 9.69. The SMILES string of the molecule is CC(C)C1CCNC(=O)N(C(C)C)C1(C)C(C)C. The lowest BCUT2D eigenvalue weighted by Crippen LogP contribution is -2.61. The Balaban J connectivity index is 3.27. The summed E-state index contributed by atoms with van der Waals surface area (Å²) < 4.78 is 0. The van der Waals surface area contributed by atoms with Crippen LogP contribution in [0.4, 0.5) is 4.79 Å². The molecular weight excluding hydrogens is 224 g/mol. The van der Waals surface area contributed by atoms with E-state index in [9.17, 15) is 4.79 Å². The third-order valence-corrected chi connectivity index (χ3v) is 4.71. The molecule has 0 aromatic carbocycles. The average molecular weight is 254 g/mol. The predicted octanol–water partition coefficient (Wildman–Crippen LogP) is 3.50. The van der Waals surface area contributed by atoms with Gasteiger partial charge in [-0.1, -0.05) is 27.7 Å². The first-order valence-electron chi connectivity index (χ1n) is 7.30. The van der Waals surface area contributed by atoms with Gasteiger partial charge >= 0.3 is 6.03 Å². The minimum Gasteiger partial charge on any atom is -0.338 e. The predicted molar refractivity (Wildman–Crippen MR) is 76.6 cm³/mol. The summed E-state index contributed by atoms with van der Waals surface area (Å²) in [6.07, 6.45) is 1.07. The van der Waals surface area contributed by atoms with Gasteiger partial charge in [-0.2, -0.15) is 0 Å². The van der Waals surface area contributed by atoms with Crippen LogP contribution in [0.25, 0.3) is 0 Å². The van der Waals surface area contributed by atoms with E-state index in [4.69, 9.17) is 0 Å². The number of hydrogen-bond donors (Lipinski definition) is 1. The first-order valence-corrected chi connectivity index (χ1v) is 7.30. The Hall–Kier alpha value is -0.730. The number of nitrogens with zero attached hydrogens (tertiary/aromatic N) is 1. The second kappa shape index (κ2) is 5.50. The van der Waals surface area contributed by atoms with Crippen molar-refractivity contribution in [2.24, 2.45) is 17.8 Å². The van der Waals surface area contributed by atoms with E-state index < -0.39 is 0 Å². The molecule has 0 saturated carbocycles. The first-order chi connectivity index (χ1) is 8.22. The summed E-state index contributed by atoms with van der Waals surface area (Å²) in [6.45, 7) is 16.3. The van der Waals surface area contributed by atoms with Crippen molar-refractivity contribution in [1.29, 1.82) is 0 Å². The normalized spacial score (nSPS) is 30.0. The molecule has 106 valence electrons. The van der Waals surface area contributed by atoms with E-state index in [0.29, 0.717) is 17.8 Å². The Labute approximate surface area is 112 Å². The molecule has 18 heavy (non-hydrogen) atoms. The molecule has 3 nitrogen and oxygen atoms in total. The molecule has 2 atom stereocenters. The number of hydrogen-bond acceptors (Lipinski definition) is 1. The van der Waals surface area contributed by atoms with Crippen LogP contribution >= 0.6 is 0 Å². The minimum absolute atomic E-state index is 0.0666. The van der Waals surface area contributed by atoms with Crippen molar-refractivity contribution in [3.05, 3.63) is 0 Å². The van der Waals surface area contributed by atoms with E-state index in [0.717, 1.165) is 13.0 Å². The molecule has 0 spiro atoms. The number of nitrogens with one attached hydrogen (secondary N) is 1. The van der Waals surface area contributed by atoms with Gasteiger partial charge in [0, 0.05) is 18.1 Å². The molecule has 1 rings (SSSR count). The third kappa shape index (κ3) is 2.50. The molecule has 0 aromatic heterocycles. The highest BCUT2D eigenvalue weighted by atomic mass is 16.2. The van der Waals surface area contributed by atoms with Crippen LogP contribution in [-0.2, 0) is 0 Å². The molecule has 1 saturated heterocycles. The van der Waals surface area contributed by atoms with Gasteiger partial charge < -0.3 is 10.2 Å². The number of carbonyl (C=O) groups is 1. The van der Waals surface area contributed by atoms with Crippen molar-refractivity contribution in [3.8, 4) is 0 Å². The minimum atomic E-state index is -0.0666. The molecule has 1 fully saturated rings. The first kappa shape index (κ1) is 15.3. The molecule has 0 radical (unpaired) electrons. The van der Waals surface area contributed by atoms with Crippen LogP contribution in [-0.4, -0.2) is 29.1 Å². The molecule has 2 amide bonds. The van der Waals surface area contributed by atoms with Crippen molar-refractivity contribution < 1.29 is 4.79 Å². The number of amides is 2. The Morgan fingerprint density at radius 3 is 2.17 bits per heavy atom. The lowest BCUT2D eigenvalue weighted by molar-refractivity contribution is 0.00604. The quantitative estimate of drug-likeness (QED) is 0.821. The van der Waals surface area contributed by atoms with Gasteiger partial charge in [0.15, 0.2) is 0 Å². The molecule has 1 heterocycles. The zero-order valence-corrected chi connectivity index (χ0v) is 13.1. The Morgan fingerprint density at radius 1 is 1.22 bits per heavy atom. The molecule has 1 aliphatic heterocycles. The highest BCUT2D eigenvalue weighted by Gasteiger charge is 2.47. The summed E-state index contributed by atoms with van der Waals surface area (Å²) >= 11 is 0. The number of urea groups is 1. The summed E-state index contributed by atoms with van der Waals surface area (Å²) in [5, 5.41) is 3.06. The largest absolute Gasteiger partial charge is 0.338 e. The van der Waals surface area contributed by atoms with Crippen LogP contribution in [0.3, 0.4) is 0 Å². The van der Waals surface area contributed by atoms with Crippen LogP contribution < -0.4 is 5.32 Å². The van der Waals surface area contributed by atoms with Crippen molar-refractivity contribution in [2.75, 3.05) is 6.54 Å². The van der Waals surface area contributed by atoms with E-state index in [1.165, 1.54) is 0 Å². The Morgan fingerprint density at radius 2 is 1.78 bits per heavy atom. The maximum atomic E-state index is 12.4. The molecule has 1 N–H and O–H groups in total. The Kier molecular flexibility index (Phi) is 4.68. The summed E-state index contributed by atoms with van der Waals surface area (Å²) in [5.74, 6) is 1.58. The molecule has 0 aliphatic carbocycles. The van der Waals surface area contributed by atoms with Crippen LogP contribution in [0.2, 0.25) is 0 Å². The number of carbonyl (C=O) groups excluding carboxylic acids is 1. The van der Waals surface area contributed by atoms with E-state index in [-0.39, 0.29) is 17.6 Å². The monoisotopic (exact) mass is 254 g/mol. The maximum Gasteiger partial charge on any atom is 0.318 e. The van der Waals surface area contributed by atoms with E-state index in [2.05, 4.69) is 58.7 Å². The van der Waals surface area contributed by atoms with Gasteiger partial charge in [-0.3, -0.25) is 0 Å². The maximum absolute atomic E-state index is 12.4. The summed E-state index contributed by atoms with van der Waals surface area (Å²) in [5.41, 5.74) is -0.0666. The van der Waals surface area contributed by atoms with Gasteiger partial charge in [0.05, 0.1) is 0 Å². The molecule has 1 aliphatic rings. The summed E-state index contributed by atoms with van der Waals surface area (Å²) in [4.78, 5) is 14.4. The van der Waals surface area contributed by atoms with E-state index in [1.807, 2.05) is 0 Å². The van der Waals surface area contributed by atoms with Gasteiger partial charge in [-0.15, -0.1) is 0 Å². The van der Waals surface area contributed by atoms with Gasteiger partial charge in [-0.25, -0.2) is 4.79 Å². The lowest BCUT2D eigenvalue weighted by Gasteiger charge is -2.51. The van der Waals surface area contributed by atoms with Crippen molar-refractivity contribution in [1.82, 2.24) is 10.2 Å². The van der Waals surface area contributed by atoms with Crippen molar-refractivity contribution in [2.45, 2.75) is 66.5 Å². The fourth-order valence-corrected chi connectivity index (χ4v) is 3.61. The highest BCUT2D eigenvalue weighted by Crippen LogP contribution is 2.41. The number of rotatable bonds is 3. The third-order valence-electron chi connectivity index (χ3n) is 4.71. The fourth-order valence-electron chi connectivity index (χ4n) is 3.61. The summed E-state index contributed by atoms with van der Waals surface area (Å²) in [7, 11) is 0. The van der Waals surface area contributed by atoms with Crippen molar-refractivity contribution in [3.63, 3.8) is 0 Å². The van der Waals surface area contributed by atoms with Gasteiger partial charge in [0.1, 0.15) is 0 Å².